The van der Waals surface area contributed by atoms with E-state index in [0.29, 0.717) is 13.0 Å². The van der Waals surface area contributed by atoms with Crippen LogP contribution in [0.2, 0.25) is 0 Å². The number of hydrogen-bond acceptors (Lipinski definition) is 3. The highest BCUT2D eigenvalue weighted by Crippen LogP contribution is 1.98. The van der Waals surface area contributed by atoms with E-state index in [0.717, 1.165) is 12.8 Å². The second-order valence-corrected chi connectivity index (χ2v) is 3.93. The molecular formula is C11H20N2O4. The summed E-state index contributed by atoms with van der Waals surface area (Å²) in [5.41, 5.74) is 0. The molecule has 0 spiro atoms. The van der Waals surface area contributed by atoms with Crippen LogP contribution < -0.4 is 5.32 Å². The van der Waals surface area contributed by atoms with E-state index in [1.54, 1.807) is 7.05 Å². The van der Waals surface area contributed by atoms with E-state index in [4.69, 9.17) is 5.11 Å². The fourth-order valence-electron chi connectivity index (χ4n) is 1.19. The molecule has 17 heavy (non-hydrogen) atoms. The number of aliphatic carboxylic acids is 1. The van der Waals surface area contributed by atoms with E-state index >= 15 is 0 Å². The molecule has 0 radical (unpaired) electrons. The van der Waals surface area contributed by atoms with Crippen molar-refractivity contribution in [2.75, 3.05) is 20.1 Å². The average molecular weight is 244 g/mol. The molecule has 0 bridgehead atoms. The Morgan fingerprint density at radius 1 is 1.18 bits per heavy atom. The SMILES string of the molecule is CC(=O)N(C)CC(=O)NCCCCCC(=O)O. The number of nitrogens with one attached hydrogen (secondary N) is 1. The highest BCUT2D eigenvalue weighted by Gasteiger charge is 2.07. The smallest absolute Gasteiger partial charge is 0.303 e. The third-order valence-electron chi connectivity index (χ3n) is 2.31. The largest absolute Gasteiger partial charge is 0.481 e. The standard InChI is InChI=1S/C11H20N2O4/c1-9(14)13(2)8-10(15)12-7-5-3-4-6-11(16)17/h3-8H2,1-2H3,(H,12,15)(H,16,17). The van der Waals surface area contributed by atoms with Crippen molar-refractivity contribution in [1.29, 1.82) is 0 Å². The maximum Gasteiger partial charge on any atom is 0.303 e. The van der Waals surface area contributed by atoms with Crippen molar-refractivity contribution in [2.24, 2.45) is 0 Å². The van der Waals surface area contributed by atoms with Crippen molar-refractivity contribution in [3.8, 4) is 0 Å². The Morgan fingerprint density at radius 3 is 2.35 bits per heavy atom. The van der Waals surface area contributed by atoms with Crippen LogP contribution in [0.15, 0.2) is 0 Å². The Bertz CT molecular complexity index is 279. The lowest BCUT2D eigenvalue weighted by Crippen LogP contribution is -2.37. The molecule has 2 amide bonds. The van der Waals surface area contributed by atoms with Gasteiger partial charge < -0.3 is 15.3 Å². The first kappa shape index (κ1) is 15.4. The molecular weight excluding hydrogens is 224 g/mol. The monoisotopic (exact) mass is 244 g/mol. The molecule has 2 N–H and O–H groups in total. The summed E-state index contributed by atoms with van der Waals surface area (Å²) in [5, 5.41) is 11.1. The number of carbonyl (C=O) groups excluding carboxylic acids is 2. The van der Waals surface area contributed by atoms with Crippen molar-refractivity contribution in [3.05, 3.63) is 0 Å². The number of likely N-dealkylation sites (N-methyl/N-ethyl adjacent to an activating group) is 1. The summed E-state index contributed by atoms with van der Waals surface area (Å²) in [4.78, 5) is 33.7. The molecule has 0 rings (SSSR count). The normalized spacial score (nSPS) is 9.76. The zero-order chi connectivity index (χ0) is 13.3. The van der Waals surface area contributed by atoms with Gasteiger partial charge in [-0.3, -0.25) is 14.4 Å². The Balaban J connectivity index is 3.45. The maximum absolute atomic E-state index is 11.3. The summed E-state index contributed by atoms with van der Waals surface area (Å²) in [6.45, 7) is 1.98. The number of nitrogens with zero attached hydrogens (tertiary/aromatic N) is 1. The topological polar surface area (TPSA) is 86.7 Å². The molecule has 6 heteroatoms. The molecule has 0 aliphatic rings. The van der Waals surface area contributed by atoms with E-state index < -0.39 is 5.97 Å². The molecule has 0 aliphatic carbocycles. The lowest BCUT2D eigenvalue weighted by atomic mass is 10.2. The van der Waals surface area contributed by atoms with E-state index in [1.807, 2.05) is 0 Å². The number of carbonyl (C=O) groups is 3. The Morgan fingerprint density at radius 2 is 1.82 bits per heavy atom. The molecule has 0 fully saturated rings. The van der Waals surface area contributed by atoms with Crippen molar-refractivity contribution < 1.29 is 19.5 Å². The van der Waals surface area contributed by atoms with Crippen LogP contribution >= 0.6 is 0 Å². The van der Waals surface area contributed by atoms with Gasteiger partial charge in [0.15, 0.2) is 0 Å². The summed E-state index contributed by atoms with van der Waals surface area (Å²) < 4.78 is 0. The van der Waals surface area contributed by atoms with Gasteiger partial charge in [-0.1, -0.05) is 6.42 Å². The second-order valence-electron chi connectivity index (χ2n) is 3.93. The molecule has 0 heterocycles. The molecule has 0 atom stereocenters. The summed E-state index contributed by atoms with van der Waals surface area (Å²) >= 11 is 0. The number of carboxylic acid groups (broad SMARTS) is 1. The zero-order valence-corrected chi connectivity index (χ0v) is 10.4. The third-order valence-corrected chi connectivity index (χ3v) is 2.31. The molecule has 0 aromatic heterocycles. The Labute approximate surface area is 101 Å². The Hall–Kier alpha value is -1.59. The van der Waals surface area contributed by atoms with Gasteiger partial charge in [0.05, 0.1) is 6.54 Å². The van der Waals surface area contributed by atoms with Gasteiger partial charge in [-0.05, 0) is 12.8 Å². The van der Waals surface area contributed by atoms with Crippen LogP contribution in [0.1, 0.15) is 32.6 Å². The number of unbranched alkanes of at least 4 members (excludes halogenated alkanes) is 2. The van der Waals surface area contributed by atoms with Crippen molar-refractivity contribution in [3.63, 3.8) is 0 Å². The van der Waals surface area contributed by atoms with Gasteiger partial charge in [0.25, 0.3) is 0 Å². The van der Waals surface area contributed by atoms with Gasteiger partial charge in [-0.25, -0.2) is 0 Å². The highest BCUT2D eigenvalue weighted by atomic mass is 16.4. The van der Waals surface area contributed by atoms with Crippen LogP contribution in [-0.4, -0.2) is 47.9 Å². The van der Waals surface area contributed by atoms with Gasteiger partial charge in [0.2, 0.25) is 11.8 Å². The fourth-order valence-corrected chi connectivity index (χ4v) is 1.19. The van der Waals surface area contributed by atoms with Crippen molar-refractivity contribution in [1.82, 2.24) is 10.2 Å². The molecule has 0 aromatic carbocycles. The third kappa shape index (κ3) is 9.35. The van der Waals surface area contributed by atoms with Crippen LogP contribution in [0.3, 0.4) is 0 Å². The molecule has 0 aliphatic heterocycles. The van der Waals surface area contributed by atoms with Crippen LogP contribution in [0.5, 0.6) is 0 Å². The van der Waals surface area contributed by atoms with Crippen LogP contribution in [0.25, 0.3) is 0 Å². The van der Waals surface area contributed by atoms with Crippen molar-refractivity contribution >= 4 is 17.8 Å². The zero-order valence-electron chi connectivity index (χ0n) is 10.4. The maximum atomic E-state index is 11.3. The van der Waals surface area contributed by atoms with Crippen LogP contribution in [-0.2, 0) is 14.4 Å². The average Bonchev–Trinajstić information content (AvgIpc) is 2.22. The molecule has 0 saturated carbocycles. The predicted molar refractivity (Wildman–Crippen MR) is 62.4 cm³/mol. The number of carboxylic acids is 1. The fraction of sp³-hybridized carbons (Fsp3) is 0.727. The van der Waals surface area contributed by atoms with Crippen LogP contribution in [0, 0.1) is 0 Å². The first-order valence-corrected chi connectivity index (χ1v) is 5.63. The Kier molecular flexibility index (Phi) is 7.75. The summed E-state index contributed by atoms with van der Waals surface area (Å²) in [6, 6.07) is 0. The molecule has 0 aromatic rings. The van der Waals surface area contributed by atoms with Crippen molar-refractivity contribution in [2.45, 2.75) is 32.6 Å². The quantitative estimate of drug-likeness (QED) is 0.598. The van der Waals surface area contributed by atoms with Gasteiger partial charge >= 0.3 is 5.97 Å². The van der Waals surface area contributed by atoms with Gasteiger partial charge in [-0.2, -0.15) is 0 Å². The predicted octanol–water partition coefficient (Wildman–Crippen LogP) is 0.226. The minimum atomic E-state index is -0.794. The number of rotatable bonds is 8. The lowest BCUT2D eigenvalue weighted by Gasteiger charge is -2.14. The highest BCUT2D eigenvalue weighted by molar-refractivity contribution is 5.83. The molecule has 0 unspecified atom stereocenters. The van der Waals surface area contributed by atoms with E-state index in [2.05, 4.69) is 5.32 Å². The first-order valence-electron chi connectivity index (χ1n) is 5.63. The summed E-state index contributed by atoms with van der Waals surface area (Å²) in [5.74, 6) is -1.14. The second kappa shape index (κ2) is 8.55. The molecule has 0 saturated heterocycles. The molecule has 98 valence electrons. The first-order chi connectivity index (χ1) is 7.93. The van der Waals surface area contributed by atoms with Gasteiger partial charge in [0, 0.05) is 26.9 Å². The summed E-state index contributed by atoms with van der Waals surface area (Å²) in [7, 11) is 1.56. The minimum absolute atomic E-state index is 0.0600. The lowest BCUT2D eigenvalue weighted by molar-refractivity contribution is -0.137. The van der Waals surface area contributed by atoms with Gasteiger partial charge in [0.1, 0.15) is 0 Å². The van der Waals surface area contributed by atoms with Gasteiger partial charge in [-0.15, -0.1) is 0 Å². The van der Waals surface area contributed by atoms with Crippen LogP contribution in [0.4, 0.5) is 0 Å². The van der Waals surface area contributed by atoms with E-state index in [9.17, 15) is 14.4 Å². The number of hydrogen-bond donors (Lipinski definition) is 2. The minimum Gasteiger partial charge on any atom is -0.481 e. The summed E-state index contributed by atoms with van der Waals surface area (Å²) in [6.07, 6.45) is 2.32. The number of amides is 2. The molecule has 6 nitrogen and oxygen atoms in total. The van der Waals surface area contributed by atoms with E-state index in [1.165, 1.54) is 11.8 Å². The van der Waals surface area contributed by atoms with E-state index in [-0.39, 0.29) is 24.8 Å².